The van der Waals surface area contributed by atoms with Crippen LogP contribution in [0.15, 0.2) is 30.3 Å². The maximum atomic E-state index is 11.5. The van der Waals surface area contributed by atoms with Crippen LogP contribution in [0.25, 0.3) is 0 Å². The Kier molecular flexibility index (Phi) is 5.09. The van der Waals surface area contributed by atoms with Crippen LogP contribution in [-0.2, 0) is 4.79 Å². The summed E-state index contributed by atoms with van der Waals surface area (Å²) < 4.78 is 0. The molecule has 0 fully saturated rings. The van der Waals surface area contributed by atoms with Gasteiger partial charge in [0.1, 0.15) is 0 Å². The van der Waals surface area contributed by atoms with Crippen molar-refractivity contribution in [2.75, 3.05) is 6.54 Å². The van der Waals surface area contributed by atoms with E-state index in [4.69, 9.17) is 0 Å². The van der Waals surface area contributed by atoms with Crippen LogP contribution in [0.1, 0.15) is 40.0 Å². The summed E-state index contributed by atoms with van der Waals surface area (Å²) in [7, 11) is 0. The lowest BCUT2D eigenvalue weighted by Crippen LogP contribution is -2.28. The van der Waals surface area contributed by atoms with Gasteiger partial charge >= 0.3 is 5.97 Å². The fourth-order valence-corrected chi connectivity index (χ4v) is 3.32. The molecule has 0 aliphatic heterocycles. The van der Waals surface area contributed by atoms with Gasteiger partial charge in [-0.2, -0.15) is 0 Å². The third kappa shape index (κ3) is 3.89. The molecule has 2 rings (SSSR count). The van der Waals surface area contributed by atoms with E-state index >= 15 is 0 Å². The second kappa shape index (κ2) is 6.83. The summed E-state index contributed by atoms with van der Waals surface area (Å²) in [4.78, 5) is 17.1. The minimum Gasteiger partial charge on any atom is -0.481 e. The van der Waals surface area contributed by atoms with Gasteiger partial charge in [-0.3, -0.25) is 4.79 Å². The summed E-state index contributed by atoms with van der Waals surface area (Å²) >= 11 is 1.66. The molecule has 112 valence electrons. The molecule has 21 heavy (non-hydrogen) atoms. The molecule has 5 heteroatoms. The number of aryl methyl sites for hydroxylation is 2. The van der Waals surface area contributed by atoms with Gasteiger partial charge in [-0.25, -0.2) is 4.98 Å². The molecule has 0 spiro atoms. The van der Waals surface area contributed by atoms with E-state index in [2.05, 4.69) is 10.3 Å². The Hall–Kier alpha value is -1.72. The fourth-order valence-electron chi connectivity index (χ4n) is 2.37. The van der Waals surface area contributed by atoms with E-state index in [0.29, 0.717) is 6.54 Å². The molecule has 0 radical (unpaired) electrons. The molecule has 0 aliphatic carbocycles. The van der Waals surface area contributed by atoms with Gasteiger partial charge in [0.05, 0.1) is 16.6 Å². The van der Waals surface area contributed by atoms with Gasteiger partial charge in [-0.1, -0.05) is 30.3 Å². The number of rotatable bonds is 6. The lowest BCUT2D eigenvalue weighted by molar-refractivity contribution is -0.138. The van der Waals surface area contributed by atoms with E-state index in [0.717, 1.165) is 16.3 Å². The predicted octanol–water partition coefficient (Wildman–Crippen LogP) is 3.28. The smallest absolute Gasteiger partial charge is 0.312 e. The number of nitrogens with zero attached hydrogens (tertiary/aromatic N) is 1. The Labute approximate surface area is 128 Å². The highest BCUT2D eigenvalue weighted by Gasteiger charge is 2.21. The van der Waals surface area contributed by atoms with Crippen molar-refractivity contribution < 1.29 is 9.90 Å². The lowest BCUT2D eigenvalue weighted by Gasteiger charge is -2.18. The zero-order valence-electron chi connectivity index (χ0n) is 12.5. The van der Waals surface area contributed by atoms with E-state index in [-0.39, 0.29) is 6.04 Å². The van der Waals surface area contributed by atoms with E-state index in [1.54, 1.807) is 11.3 Å². The summed E-state index contributed by atoms with van der Waals surface area (Å²) in [6.45, 7) is 6.42. The highest BCUT2D eigenvalue weighted by Crippen LogP contribution is 2.25. The minimum absolute atomic E-state index is 0.0989. The SMILES string of the molecule is Cc1nc(C)c(C(C)NCC(C(=O)O)c2ccccc2)s1. The van der Waals surface area contributed by atoms with Crippen molar-refractivity contribution in [3.05, 3.63) is 51.5 Å². The first kappa shape index (κ1) is 15.7. The third-order valence-corrected chi connectivity index (χ3v) is 4.72. The second-order valence-electron chi connectivity index (χ2n) is 5.11. The molecule has 0 saturated carbocycles. The molecule has 0 saturated heterocycles. The molecule has 1 aromatic carbocycles. The topological polar surface area (TPSA) is 62.2 Å². The van der Waals surface area contributed by atoms with E-state index in [9.17, 15) is 9.90 Å². The molecule has 2 unspecified atom stereocenters. The number of hydrogen-bond donors (Lipinski definition) is 2. The van der Waals surface area contributed by atoms with Crippen molar-refractivity contribution in [1.29, 1.82) is 0 Å². The Bertz CT molecular complexity index is 610. The van der Waals surface area contributed by atoms with E-state index < -0.39 is 11.9 Å². The standard InChI is InChI=1S/C16H20N2O2S/c1-10(15-11(2)18-12(3)21-15)17-9-14(16(19)20)13-7-5-4-6-8-13/h4-8,10,14,17H,9H2,1-3H3,(H,19,20). The molecule has 0 aliphatic rings. The summed E-state index contributed by atoms with van der Waals surface area (Å²) in [5, 5.41) is 13.8. The van der Waals surface area contributed by atoms with E-state index in [1.807, 2.05) is 51.1 Å². The first-order valence-corrected chi connectivity index (χ1v) is 7.75. The van der Waals surface area contributed by atoms with Gasteiger partial charge in [-0.15, -0.1) is 11.3 Å². The van der Waals surface area contributed by atoms with Crippen molar-refractivity contribution in [1.82, 2.24) is 10.3 Å². The zero-order valence-corrected chi connectivity index (χ0v) is 13.3. The largest absolute Gasteiger partial charge is 0.481 e. The Morgan fingerprint density at radius 1 is 1.33 bits per heavy atom. The Balaban J connectivity index is 2.06. The molecule has 0 bridgehead atoms. The van der Waals surface area contributed by atoms with Crippen LogP contribution in [-0.4, -0.2) is 22.6 Å². The maximum Gasteiger partial charge on any atom is 0.312 e. The Morgan fingerprint density at radius 3 is 2.52 bits per heavy atom. The first-order chi connectivity index (χ1) is 9.99. The van der Waals surface area contributed by atoms with Crippen LogP contribution < -0.4 is 5.32 Å². The predicted molar refractivity (Wildman–Crippen MR) is 84.8 cm³/mol. The number of carboxylic acids is 1. The first-order valence-electron chi connectivity index (χ1n) is 6.94. The fraction of sp³-hybridized carbons (Fsp3) is 0.375. The van der Waals surface area contributed by atoms with Crippen LogP contribution >= 0.6 is 11.3 Å². The summed E-state index contributed by atoms with van der Waals surface area (Å²) in [5.41, 5.74) is 1.84. The number of nitrogens with one attached hydrogen (secondary N) is 1. The van der Waals surface area contributed by atoms with Crippen LogP contribution in [0.3, 0.4) is 0 Å². The van der Waals surface area contributed by atoms with Gasteiger partial charge < -0.3 is 10.4 Å². The molecule has 2 atom stereocenters. The molecular weight excluding hydrogens is 284 g/mol. The number of aliphatic carboxylic acids is 1. The molecule has 0 amide bonds. The van der Waals surface area contributed by atoms with Crippen molar-refractivity contribution in [2.45, 2.75) is 32.7 Å². The summed E-state index contributed by atoms with van der Waals surface area (Å²) in [5.74, 6) is -1.35. The minimum atomic E-state index is -0.807. The molecule has 4 nitrogen and oxygen atoms in total. The average Bonchev–Trinajstić information content (AvgIpc) is 2.78. The molecule has 1 aromatic heterocycles. The molecule has 2 aromatic rings. The number of thiazole rings is 1. The van der Waals surface area contributed by atoms with Crippen molar-refractivity contribution >= 4 is 17.3 Å². The van der Waals surface area contributed by atoms with Crippen LogP contribution in [0.5, 0.6) is 0 Å². The number of benzene rings is 1. The molecular formula is C16H20N2O2S. The normalized spacial score (nSPS) is 13.9. The Morgan fingerprint density at radius 2 is 2.00 bits per heavy atom. The van der Waals surface area contributed by atoms with Crippen LogP contribution in [0.4, 0.5) is 0 Å². The molecule has 2 N–H and O–H groups in total. The number of carboxylic acid groups (broad SMARTS) is 1. The van der Waals surface area contributed by atoms with Crippen molar-refractivity contribution in [3.8, 4) is 0 Å². The van der Waals surface area contributed by atoms with E-state index in [1.165, 1.54) is 4.88 Å². The van der Waals surface area contributed by atoms with Gasteiger partial charge in [0.2, 0.25) is 0 Å². The molecule has 1 heterocycles. The monoisotopic (exact) mass is 304 g/mol. The van der Waals surface area contributed by atoms with Gasteiger partial charge in [-0.05, 0) is 26.3 Å². The number of aromatic nitrogens is 1. The summed E-state index contributed by atoms with van der Waals surface area (Å²) in [6.07, 6.45) is 0. The second-order valence-corrected chi connectivity index (χ2v) is 6.35. The quantitative estimate of drug-likeness (QED) is 0.859. The number of carbonyl (C=O) groups is 1. The van der Waals surface area contributed by atoms with Gasteiger partial charge in [0.25, 0.3) is 0 Å². The van der Waals surface area contributed by atoms with Crippen molar-refractivity contribution in [2.24, 2.45) is 0 Å². The highest BCUT2D eigenvalue weighted by molar-refractivity contribution is 7.11. The average molecular weight is 304 g/mol. The van der Waals surface area contributed by atoms with Crippen molar-refractivity contribution in [3.63, 3.8) is 0 Å². The maximum absolute atomic E-state index is 11.5. The van der Waals surface area contributed by atoms with Gasteiger partial charge in [0, 0.05) is 17.5 Å². The number of hydrogen-bond acceptors (Lipinski definition) is 4. The zero-order chi connectivity index (χ0) is 15.4. The van der Waals surface area contributed by atoms with Crippen LogP contribution in [0.2, 0.25) is 0 Å². The van der Waals surface area contributed by atoms with Gasteiger partial charge in [0.15, 0.2) is 0 Å². The third-order valence-electron chi connectivity index (χ3n) is 3.46. The van der Waals surface area contributed by atoms with Crippen LogP contribution in [0, 0.1) is 13.8 Å². The summed E-state index contributed by atoms with van der Waals surface area (Å²) in [6, 6.07) is 9.43. The lowest BCUT2D eigenvalue weighted by atomic mass is 9.99. The highest BCUT2D eigenvalue weighted by atomic mass is 32.1.